The van der Waals surface area contributed by atoms with Crippen LogP contribution in [-0.2, 0) is 19.5 Å². The maximum Gasteiger partial charge on any atom is 0.131 e. The Balaban J connectivity index is 1.46. The summed E-state index contributed by atoms with van der Waals surface area (Å²) in [5.74, 6) is 1.70. The van der Waals surface area contributed by atoms with Crippen LogP contribution in [0, 0.1) is 0 Å². The Hall–Kier alpha value is -1.75. The first-order valence-electron chi connectivity index (χ1n) is 8.43. The second kappa shape index (κ2) is 6.16. The van der Waals surface area contributed by atoms with Crippen LogP contribution in [0.5, 0.6) is 0 Å². The smallest absolute Gasteiger partial charge is 0.131 e. The molecule has 0 unspecified atom stereocenters. The number of nitrogens with zero attached hydrogens (tertiary/aromatic N) is 4. The predicted molar refractivity (Wildman–Crippen MR) is 84.3 cm³/mol. The normalized spacial score (nSPS) is 20.0. The second-order valence-corrected chi connectivity index (χ2v) is 6.57. The number of hydrogen-bond acceptors (Lipinski definition) is 4. The largest absolute Gasteiger partial charge is 0.347 e. The average Bonchev–Trinajstić information content (AvgIpc) is 3.08. The Morgan fingerprint density at radius 1 is 1.18 bits per heavy atom. The number of rotatable bonds is 3. The zero-order chi connectivity index (χ0) is 14.8. The van der Waals surface area contributed by atoms with Crippen molar-refractivity contribution in [3.05, 3.63) is 41.5 Å². The molecule has 2 aromatic heterocycles. The highest BCUT2D eigenvalue weighted by atomic mass is 15.1. The van der Waals surface area contributed by atoms with Gasteiger partial charge in [-0.1, -0.05) is 19.3 Å². The number of imidazole rings is 1. The Bertz CT molecular complexity index is 616. The number of aromatic nitrogens is 4. The molecule has 2 aromatic rings. The summed E-state index contributed by atoms with van der Waals surface area (Å²) in [7, 11) is 0. The molecule has 0 amide bonds. The van der Waals surface area contributed by atoms with Crippen LogP contribution in [-0.4, -0.2) is 31.4 Å². The highest BCUT2D eigenvalue weighted by molar-refractivity contribution is 5.22. The summed E-state index contributed by atoms with van der Waals surface area (Å²) < 4.78 is 0. The molecule has 1 aliphatic heterocycles. The van der Waals surface area contributed by atoms with E-state index in [0.717, 1.165) is 31.9 Å². The van der Waals surface area contributed by atoms with Gasteiger partial charge in [-0.3, -0.25) is 4.90 Å². The van der Waals surface area contributed by atoms with Gasteiger partial charge < -0.3 is 4.98 Å². The molecule has 1 aliphatic carbocycles. The number of H-pyrrole nitrogens is 1. The van der Waals surface area contributed by atoms with Gasteiger partial charge in [0.1, 0.15) is 5.82 Å². The molecule has 1 N–H and O–H groups in total. The van der Waals surface area contributed by atoms with Gasteiger partial charge in [-0.05, 0) is 12.8 Å². The molecule has 0 atom stereocenters. The minimum atomic E-state index is 0.599. The van der Waals surface area contributed by atoms with E-state index in [1.807, 2.05) is 6.20 Å². The molecule has 4 rings (SSSR count). The van der Waals surface area contributed by atoms with Gasteiger partial charge in [0.2, 0.25) is 0 Å². The van der Waals surface area contributed by atoms with Crippen molar-refractivity contribution in [1.29, 1.82) is 0 Å². The Morgan fingerprint density at radius 3 is 2.91 bits per heavy atom. The molecule has 0 bridgehead atoms. The van der Waals surface area contributed by atoms with E-state index in [0.29, 0.717) is 5.92 Å². The van der Waals surface area contributed by atoms with E-state index in [4.69, 9.17) is 4.98 Å². The van der Waals surface area contributed by atoms with Gasteiger partial charge in [-0.2, -0.15) is 0 Å². The molecule has 1 fully saturated rings. The Kier molecular flexibility index (Phi) is 3.89. The van der Waals surface area contributed by atoms with Crippen molar-refractivity contribution < 1.29 is 0 Å². The van der Waals surface area contributed by atoms with Gasteiger partial charge in [0.25, 0.3) is 0 Å². The van der Waals surface area contributed by atoms with Gasteiger partial charge in [0, 0.05) is 61.3 Å². The molecule has 0 spiro atoms. The quantitative estimate of drug-likeness (QED) is 0.946. The Morgan fingerprint density at radius 2 is 2.09 bits per heavy atom. The van der Waals surface area contributed by atoms with Crippen LogP contribution in [0.3, 0.4) is 0 Å². The number of nitrogens with one attached hydrogen (secondary N) is 1. The van der Waals surface area contributed by atoms with E-state index >= 15 is 0 Å². The van der Waals surface area contributed by atoms with Crippen molar-refractivity contribution in [3.63, 3.8) is 0 Å². The lowest BCUT2D eigenvalue weighted by molar-refractivity contribution is 0.239. The van der Waals surface area contributed by atoms with Gasteiger partial charge in [-0.25, -0.2) is 15.0 Å². The van der Waals surface area contributed by atoms with Crippen LogP contribution in [0.15, 0.2) is 18.7 Å². The van der Waals surface area contributed by atoms with E-state index in [1.165, 1.54) is 49.1 Å². The molecule has 22 heavy (non-hydrogen) atoms. The van der Waals surface area contributed by atoms with Gasteiger partial charge in [0.05, 0.1) is 6.33 Å². The van der Waals surface area contributed by atoms with Gasteiger partial charge >= 0.3 is 0 Å². The van der Waals surface area contributed by atoms with Crippen LogP contribution < -0.4 is 0 Å². The highest BCUT2D eigenvalue weighted by Crippen LogP contribution is 2.31. The summed E-state index contributed by atoms with van der Waals surface area (Å²) in [6.45, 7) is 2.93. The van der Waals surface area contributed by atoms with Crippen molar-refractivity contribution in [3.8, 4) is 0 Å². The van der Waals surface area contributed by atoms with Crippen LogP contribution in [0.2, 0.25) is 0 Å². The van der Waals surface area contributed by atoms with E-state index in [9.17, 15) is 0 Å². The van der Waals surface area contributed by atoms with Crippen LogP contribution in [0.25, 0.3) is 0 Å². The lowest BCUT2D eigenvalue weighted by Gasteiger charge is -2.28. The fourth-order valence-electron chi connectivity index (χ4n) is 3.69. The number of fused-ring (bicyclic) bond motifs is 1. The van der Waals surface area contributed by atoms with Crippen LogP contribution in [0.4, 0.5) is 0 Å². The van der Waals surface area contributed by atoms with E-state index in [2.05, 4.69) is 26.0 Å². The summed E-state index contributed by atoms with van der Waals surface area (Å²) >= 11 is 0. The molecule has 2 aliphatic rings. The molecule has 5 nitrogen and oxygen atoms in total. The van der Waals surface area contributed by atoms with Crippen LogP contribution >= 0.6 is 0 Å². The lowest BCUT2D eigenvalue weighted by Crippen LogP contribution is -2.31. The van der Waals surface area contributed by atoms with Gasteiger partial charge in [-0.15, -0.1) is 0 Å². The van der Waals surface area contributed by atoms with E-state index in [-0.39, 0.29) is 0 Å². The average molecular weight is 297 g/mol. The standard InChI is InChI=1S/C17H23N5/c1-2-4-13(5-3-1)17-19-8-14-10-22(7-6-16(14)21-17)11-15-9-18-12-20-15/h8-9,12-13H,1-7,10-11H2,(H,18,20). The Labute approximate surface area is 131 Å². The number of aromatic amines is 1. The summed E-state index contributed by atoms with van der Waals surface area (Å²) in [6.07, 6.45) is 13.3. The molecule has 3 heterocycles. The molecule has 0 saturated heterocycles. The van der Waals surface area contributed by atoms with Crippen molar-refractivity contribution >= 4 is 0 Å². The first-order chi connectivity index (χ1) is 10.9. The SMILES string of the molecule is c1ncc(CN2CCc3nc(C4CCCCC4)ncc3C2)[nH]1. The third-order valence-electron chi connectivity index (χ3n) is 4.95. The summed E-state index contributed by atoms with van der Waals surface area (Å²) in [4.78, 5) is 19.3. The fraction of sp³-hybridized carbons (Fsp3) is 0.588. The fourth-order valence-corrected chi connectivity index (χ4v) is 3.69. The monoisotopic (exact) mass is 297 g/mol. The van der Waals surface area contributed by atoms with Crippen molar-refractivity contribution in [2.24, 2.45) is 0 Å². The third-order valence-corrected chi connectivity index (χ3v) is 4.95. The maximum absolute atomic E-state index is 4.91. The molecule has 5 heteroatoms. The van der Waals surface area contributed by atoms with E-state index < -0.39 is 0 Å². The van der Waals surface area contributed by atoms with E-state index in [1.54, 1.807) is 6.33 Å². The molecule has 1 saturated carbocycles. The minimum Gasteiger partial charge on any atom is -0.347 e. The maximum atomic E-state index is 4.91. The third kappa shape index (κ3) is 2.90. The first-order valence-corrected chi connectivity index (χ1v) is 8.43. The van der Waals surface area contributed by atoms with Gasteiger partial charge in [0.15, 0.2) is 0 Å². The summed E-state index contributed by atoms with van der Waals surface area (Å²) in [5, 5.41) is 0. The zero-order valence-corrected chi connectivity index (χ0v) is 13.0. The predicted octanol–water partition coefficient (Wildman–Crippen LogP) is 2.81. The minimum absolute atomic E-state index is 0.599. The number of hydrogen-bond donors (Lipinski definition) is 1. The molecule has 0 aromatic carbocycles. The molecule has 0 radical (unpaired) electrons. The lowest BCUT2D eigenvalue weighted by atomic mass is 9.88. The van der Waals surface area contributed by atoms with Crippen molar-refractivity contribution in [2.45, 2.75) is 57.5 Å². The second-order valence-electron chi connectivity index (χ2n) is 6.57. The summed E-state index contributed by atoms with van der Waals surface area (Å²) in [5.41, 5.74) is 3.74. The summed E-state index contributed by atoms with van der Waals surface area (Å²) in [6, 6.07) is 0. The highest BCUT2D eigenvalue weighted by Gasteiger charge is 2.22. The molecular weight excluding hydrogens is 274 g/mol. The van der Waals surface area contributed by atoms with Crippen molar-refractivity contribution in [2.75, 3.05) is 6.54 Å². The molecular formula is C17H23N5. The zero-order valence-electron chi connectivity index (χ0n) is 13.0. The van der Waals surface area contributed by atoms with Crippen LogP contribution in [0.1, 0.15) is 60.8 Å². The van der Waals surface area contributed by atoms with Crippen molar-refractivity contribution in [1.82, 2.24) is 24.8 Å². The molecule has 116 valence electrons. The first kappa shape index (κ1) is 13.9. The topological polar surface area (TPSA) is 57.7 Å².